The van der Waals surface area contributed by atoms with Gasteiger partial charge in [0.2, 0.25) is 0 Å². The summed E-state index contributed by atoms with van der Waals surface area (Å²) in [5, 5.41) is 0. The normalized spacial score (nSPS) is 11.1. The minimum Gasteiger partial charge on any atom is -0.465 e. The van der Waals surface area contributed by atoms with Crippen LogP contribution in [0, 0.1) is 6.92 Å². The van der Waals surface area contributed by atoms with Gasteiger partial charge in [0.25, 0.3) is 5.95 Å². The zero-order valence-electron chi connectivity index (χ0n) is 17.0. The SMILES string of the molecule is CCCCCCCCCCCCCCCCCCOc1ccc(C)o1. The monoisotopic (exact) mass is 350 g/mol. The Labute approximate surface area is 156 Å². The molecule has 0 aromatic carbocycles. The number of ether oxygens (including phenoxy) is 1. The predicted octanol–water partition coefficient (Wildman–Crippen LogP) is 8.23. The van der Waals surface area contributed by atoms with Gasteiger partial charge in [-0.05, 0) is 19.4 Å². The van der Waals surface area contributed by atoms with Gasteiger partial charge in [-0.2, -0.15) is 0 Å². The summed E-state index contributed by atoms with van der Waals surface area (Å²) in [6, 6.07) is 3.85. The van der Waals surface area contributed by atoms with E-state index in [0.717, 1.165) is 18.8 Å². The van der Waals surface area contributed by atoms with Crippen molar-refractivity contribution < 1.29 is 9.15 Å². The first-order valence-corrected chi connectivity index (χ1v) is 11.0. The molecule has 0 N–H and O–H groups in total. The molecule has 0 atom stereocenters. The number of furan rings is 1. The topological polar surface area (TPSA) is 22.4 Å². The molecule has 0 unspecified atom stereocenters. The summed E-state index contributed by atoms with van der Waals surface area (Å²) in [5.74, 6) is 1.58. The van der Waals surface area contributed by atoms with E-state index in [1.807, 2.05) is 19.1 Å². The molecule has 0 saturated heterocycles. The minimum atomic E-state index is 0.665. The van der Waals surface area contributed by atoms with E-state index in [1.54, 1.807) is 0 Å². The zero-order chi connectivity index (χ0) is 18.0. The lowest BCUT2D eigenvalue weighted by molar-refractivity contribution is 0.232. The van der Waals surface area contributed by atoms with Crippen LogP contribution in [-0.2, 0) is 0 Å². The van der Waals surface area contributed by atoms with Crippen LogP contribution in [0.3, 0.4) is 0 Å². The first-order valence-electron chi connectivity index (χ1n) is 11.0. The van der Waals surface area contributed by atoms with Crippen molar-refractivity contribution in [1.82, 2.24) is 0 Å². The standard InChI is InChI=1S/C23H42O2/c1-3-4-5-6-7-8-9-10-11-12-13-14-15-16-17-18-21-24-23-20-19-22(2)25-23/h19-20H,3-18,21H2,1-2H3. The molecule has 1 rings (SSSR count). The maximum Gasteiger partial charge on any atom is 0.284 e. The van der Waals surface area contributed by atoms with Crippen LogP contribution in [0.2, 0.25) is 0 Å². The first kappa shape index (κ1) is 22.1. The molecule has 0 aliphatic carbocycles. The Morgan fingerprint density at radius 3 is 1.48 bits per heavy atom. The average Bonchev–Trinajstić information content (AvgIpc) is 3.03. The van der Waals surface area contributed by atoms with Crippen molar-refractivity contribution in [3.8, 4) is 5.95 Å². The molecule has 0 spiro atoms. The van der Waals surface area contributed by atoms with Crippen LogP contribution in [0.5, 0.6) is 5.95 Å². The molecule has 146 valence electrons. The molecule has 2 heteroatoms. The highest BCUT2D eigenvalue weighted by atomic mass is 16.6. The number of aryl methyl sites for hydroxylation is 1. The van der Waals surface area contributed by atoms with E-state index in [0.29, 0.717) is 5.95 Å². The number of hydrogen-bond donors (Lipinski definition) is 0. The molecule has 0 saturated carbocycles. The van der Waals surface area contributed by atoms with Gasteiger partial charge in [-0.1, -0.05) is 103 Å². The predicted molar refractivity (Wildman–Crippen MR) is 108 cm³/mol. The minimum absolute atomic E-state index is 0.665. The summed E-state index contributed by atoms with van der Waals surface area (Å²) in [6.45, 7) is 5.02. The van der Waals surface area contributed by atoms with Crippen molar-refractivity contribution >= 4 is 0 Å². The Kier molecular flexibility index (Phi) is 14.6. The third-order valence-electron chi connectivity index (χ3n) is 4.96. The highest BCUT2D eigenvalue weighted by Gasteiger charge is 1.99. The third-order valence-corrected chi connectivity index (χ3v) is 4.96. The second-order valence-electron chi connectivity index (χ2n) is 7.52. The van der Waals surface area contributed by atoms with E-state index in [1.165, 1.54) is 96.3 Å². The van der Waals surface area contributed by atoms with Gasteiger partial charge < -0.3 is 9.15 Å². The van der Waals surface area contributed by atoms with E-state index in [4.69, 9.17) is 9.15 Å². The van der Waals surface area contributed by atoms with E-state index in [-0.39, 0.29) is 0 Å². The molecule has 0 amide bonds. The molecule has 1 aromatic heterocycles. The van der Waals surface area contributed by atoms with Crippen LogP contribution in [-0.4, -0.2) is 6.61 Å². The molecule has 0 aliphatic heterocycles. The van der Waals surface area contributed by atoms with Crippen molar-refractivity contribution in [3.63, 3.8) is 0 Å². The molecule has 0 aliphatic rings. The second-order valence-corrected chi connectivity index (χ2v) is 7.52. The number of unbranched alkanes of at least 4 members (excludes halogenated alkanes) is 15. The number of rotatable bonds is 18. The van der Waals surface area contributed by atoms with E-state index in [2.05, 4.69) is 6.92 Å². The summed E-state index contributed by atoms with van der Waals surface area (Å²) in [5.41, 5.74) is 0. The Hall–Kier alpha value is -0.920. The Bertz CT molecular complexity index is 383. The molecule has 0 radical (unpaired) electrons. The Morgan fingerprint density at radius 2 is 1.08 bits per heavy atom. The van der Waals surface area contributed by atoms with Crippen LogP contribution in [0.1, 0.15) is 115 Å². The van der Waals surface area contributed by atoms with Crippen LogP contribution in [0.4, 0.5) is 0 Å². The first-order chi connectivity index (χ1) is 12.3. The molecular weight excluding hydrogens is 308 g/mol. The van der Waals surface area contributed by atoms with Crippen LogP contribution in [0.15, 0.2) is 16.5 Å². The van der Waals surface area contributed by atoms with Gasteiger partial charge in [0.1, 0.15) is 5.76 Å². The fourth-order valence-electron chi connectivity index (χ4n) is 3.31. The maximum atomic E-state index is 5.58. The summed E-state index contributed by atoms with van der Waals surface area (Å²) < 4.78 is 11.0. The summed E-state index contributed by atoms with van der Waals surface area (Å²) in [6.07, 6.45) is 22.4. The molecular formula is C23H42O2. The van der Waals surface area contributed by atoms with Crippen LogP contribution in [0.25, 0.3) is 0 Å². The molecule has 25 heavy (non-hydrogen) atoms. The highest BCUT2D eigenvalue weighted by molar-refractivity contribution is 5.10. The van der Waals surface area contributed by atoms with Gasteiger partial charge in [-0.25, -0.2) is 0 Å². The zero-order valence-corrected chi connectivity index (χ0v) is 17.0. The third kappa shape index (κ3) is 14.0. The van der Waals surface area contributed by atoms with Gasteiger partial charge in [0.05, 0.1) is 6.61 Å². The Balaban J connectivity index is 1.69. The number of hydrogen-bond acceptors (Lipinski definition) is 2. The fraction of sp³-hybridized carbons (Fsp3) is 0.826. The fourth-order valence-corrected chi connectivity index (χ4v) is 3.31. The van der Waals surface area contributed by atoms with Gasteiger partial charge in [0.15, 0.2) is 0 Å². The average molecular weight is 351 g/mol. The van der Waals surface area contributed by atoms with E-state index in [9.17, 15) is 0 Å². The van der Waals surface area contributed by atoms with Gasteiger partial charge in [0, 0.05) is 6.07 Å². The van der Waals surface area contributed by atoms with Gasteiger partial charge in [-0.15, -0.1) is 0 Å². The van der Waals surface area contributed by atoms with E-state index < -0.39 is 0 Å². The van der Waals surface area contributed by atoms with Crippen molar-refractivity contribution in [2.24, 2.45) is 0 Å². The summed E-state index contributed by atoms with van der Waals surface area (Å²) in [4.78, 5) is 0. The van der Waals surface area contributed by atoms with Gasteiger partial charge >= 0.3 is 0 Å². The summed E-state index contributed by atoms with van der Waals surface area (Å²) in [7, 11) is 0. The molecule has 0 bridgehead atoms. The lowest BCUT2D eigenvalue weighted by atomic mass is 10.0. The van der Waals surface area contributed by atoms with Crippen molar-refractivity contribution in [2.45, 2.75) is 117 Å². The molecule has 1 heterocycles. The van der Waals surface area contributed by atoms with Crippen molar-refractivity contribution in [3.05, 3.63) is 17.9 Å². The lowest BCUT2D eigenvalue weighted by Gasteiger charge is -2.04. The largest absolute Gasteiger partial charge is 0.465 e. The molecule has 1 aromatic rings. The Morgan fingerprint density at radius 1 is 0.640 bits per heavy atom. The molecule has 0 fully saturated rings. The van der Waals surface area contributed by atoms with Gasteiger partial charge in [-0.3, -0.25) is 0 Å². The lowest BCUT2D eigenvalue weighted by Crippen LogP contribution is -1.96. The smallest absolute Gasteiger partial charge is 0.284 e. The highest BCUT2D eigenvalue weighted by Crippen LogP contribution is 2.16. The van der Waals surface area contributed by atoms with Crippen LogP contribution < -0.4 is 4.74 Å². The van der Waals surface area contributed by atoms with Crippen molar-refractivity contribution in [1.29, 1.82) is 0 Å². The maximum absolute atomic E-state index is 5.58. The quantitative estimate of drug-likeness (QED) is 0.249. The van der Waals surface area contributed by atoms with Crippen molar-refractivity contribution in [2.75, 3.05) is 6.61 Å². The second kappa shape index (κ2) is 16.5. The summed E-state index contributed by atoms with van der Waals surface area (Å²) >= 11 is 0. The van der Waals surface area contributed by atoms with E-state index >= 15 is 0 Å². The molecule has 2 nitrogen and oxygen atoms in total. The van der Waals surface area contributed by atoms with Crippen LogP contribution >= 0.6 is 0 Å².